The standard InChI is InChI=1S/C7H16Si/c1-5-6-7-8(2,3)4/h5-6H,7H2,1-4H3. The molecule has 0 unspecified atom stereocenters. The van der Waals surface area contributed by atoms with Gasteiger partial charge in [0, 0.05) is 8.07 Å². The zero-order valence-corrected chi connectivity index (χ0v) is 7.36. The predicted octanol–water partition coefficient (Wildman–Crippen LogP) is 2.90. The van der Waals surface area contributed by atoms with Gasteiger partial charge in [-0.2, -0.15) is 0 Å². The van der Waals surface area contributed by atoms with Gasteiger partial charge >= 0.3 is 0 Å². The molecule has 0 aromatic carbocycles. The average Bonchev–Trinajstić information content (AvgIpc) is 1.59. The fourth-order valence-electron chi connectivity index (χ4n) is 0.471. The van der Waals surface area contributed by atoms with E-state index in [4.69, 9.17) is 0 Å². The molecule has 0 atom stereocenters. The van der Waals surface area contributed by atoms with Crippen LogP contribution in [-0.4, -0.2) is 8.07 Å². The Morgan fingerprint density at radius 3 is 1.88 bits per heavy atom. The minimum absolute atomic E-state index is 0.765. The van der Waals surface area contributed by atoms with Crippen molar-refractivity contribution in [2.75, 3.05) is 0 Å². The van der Waals surface area contributed by atoms with Crippen molar-refractivity contribution in [1.29, 1.82) is 0 Å². The summed E-state index contributed by atoms with van der Waals surface area (Å²) >= 11 is 0. The van der Waals surface area contributed by atoms with Crippen LogP contribution in [0, 0.1) is 0 Å². The molecule has 0 aromatic heterocycles. The lowest BCUT2D eigenvalue weighted by Gasteiger charge is -2.10. The molecule has 0 fully saturated rings. The van der Waals surface area contributed by atoms with Gasteiger partial charge in [0.25, 0.3) is 0 Å². The summed E-state index contributed by atoms with van der Waals surface area (Å²) in [7, 11) is -0.765. The molecule has 0 saturated carbocycles. The Kier molecular flexibility index (Phi) is 3.06. The topological polar surface area (TPSA) is 0 Å². The average molecular weight is 128 g/mol. The molecule has 8 heavy (non-hydrogen) atoms. The molecular formula is C7H16Si. The lowest BCUT2D eigenvalue weighted by Crippen LogP contribution is -2.17. The van der Waals surface area contributed by atoms with Crippen LogP contribution in [0.3, 0.4) is 0 Å². The maximum Gasteiger partial charge on any atom is 0.0480 e. The molecule has 0 aliphatic carbocycles. The molecule has 0 radical (unpaired) electrons. The highest BCUT2D eigenvalue weighted by molar-refractivity contribution is 6.76. The van der Waals surface area contributed by atoms with Crippen molar-refractivity contribution < 1.29 is 0 Å². The summed E-state index contributed by atoms with van der Waals surface area (Å²) in [6, 6.07) is 1.32. The quantitative estimate of drug-likeness (QED) is 0.396. The zero-order chi connectivity index (χ0) is 6.62. The Bertz CT molecular complexity index is 76.9. The van der Waals surface area contributed by atoms with Gasteiger partial charge in [-0.3, -0.25) is 0 Å². The number of hydrogen-bond donors (Lipinski definition) is 0. The number of rotatable bonds is 2. The van der Waals surface area contributed by atoms with Gasteiger partial charge in [-0.15, -0.1) is 0 Å². The second-order valence-electron chi connectivity index (χ2n) is 3.33. The summed E-state index contributed by atoms with van der Waals surface area (Å²) in [6.45, 7) is 9.23. The van der Waals surface area contributed by atoms with Crippen LogP contribution in [0.1, 0.15) is 6.92 Å². The maximum absolute atomic E-state index is 2.38. The SMILES string of the molecule is CC=CC[Si](C)(C)C. The van der Waals surface area contributed by atoms with E-state index in [-0.39, 0.29) is 0 Å². The van der Waals surface area contributed by atoms with Gasteiger partial charge in [0.2, 0.25) is 0 Å². The van der Waals surface area contributed by atoms with Gasteiger partial charge < -0.3 is 0 Å². The molecule has 0 amide bonds. The summed E-state index contributed by atoms with van der Waals surface area (Å²) in [4.78, 5) is 0. The summed E-state index contributed by atoms with van der Waals surface area (Å²) < 4.78 is 0. The maximum atomic E-state index is 2.38. The summed E-state index contributed by atoms with van der Waals surface area (Å²) in [5.41, 5.74) is 0. The molecule has 0 N–H and O–H groups in total. The summed E-state index contributed by atoms with van der Waals surface area (Å²) in [5, 5.41) is 0. The molecule has 0 nitrogen and oxygen atoms in total. The third kappa shape index (κ3) is 5.96. The highest BCUT2D eigenvalue weighted by atomic mass is 28.3. The van der Waals surface area contributed by atoms with E-state index in [2.05, 4.69) is 38.7 Å². The van der Waals surface area contributed by atoms with E-state index < -0.39 is 8.07 Å². The van der Waals surface area contributed by atoms with Crippen LogP contribution in [0.15, 0.2) is 12.2 Å². The van der Waals surface area contributed by atoms with Gasteiger partial charge in [-0.1, -0.05) is 31.8 Å². The van der Waals surface area contributed by atoms with E-state index in [0.717, 1.165) is 0 Å². The van der Waals surface area contributed by atoms with E-state index in [0.29, 0.717) is 0 Å². The Morgan fingerprint density at radius 2 is 1.75 bits per heavy atom. The van der Waals surface area contributed by atoms with Crippen LogP contribution in [0.4, 0.5) is 0 Å². The summed E-state index contributed by atoms with van der Waals surface area (Å²) in [5.74, 6) is 0. The Balaban J connectivity index is 3.39. The van der Waals surface area contributed by atoms with Crippen molar-refractivity contribution in [2.45, 2.75) is 32.6 Å². The minimum atomic E-state index is -0.765. The van der Waals surface area contributed by atoms with Crippen molar-refractivity contribution in [2.24, 2.45) is 0 Å². The lowest BCUT2D eigenvalue weighted by molar-refractivity contribution is 1.49. The van der Waals surface area contributed by atoms with E-state index >= 15 is 0 Å². The normalized spacial score (nSPS) is 13.0. The summed E-state index contributed by atoms with van der Waals surface area (Å²) in [6.07, 6.45) is 4.41. The van der Waals surface area contributed by atoms with Crippen LogP contribution in [-0.2, 0) is 0 Å². The molecule has 0 aliphatic rings. The molecule has 0 spiro atoms. The van der Waals surface area contributed by atoms with E-state index in [9.17, 15) is 0 Å². The van der Waals surface area contributed by atoms with Crippen LogP contribution < -0.4 is 0 Å². The van der Waals surface area contributed by atoms with Crippen molar-refractivity contribution >= 4 is 8.07 Å². The molecular weight excluding hydrogens is 112 g/mol. The van der Waals surface area contributed by atoms with Gasteiger partial charge in [0.15, 0.2) is 0 Å². The third-order valence-corrected chi connectivity index (χ3v) is 2.43. The van der Waals surface area contributed by atoms with Gasteiger partial charge in [-0.25, -0.2) is 0 Å². The molecule has 0 aliphatic heterocycles. The van der Waals surface area contributed by atoms with Crippen LogP contribution in [0.25, 0.3) is 0 Å². The van der Waals surface area contributed by atoms with E-state index in [1.807, 2.05) is 0 Å². The molecule has 0 bridgehead atoms. The van der Waals surface area contributed by atoms with Crippen LogP contribution in [0.5, 0.6) is 0 Å². The molecule has 0 aromatic rings. The second kappa shape index (κ2) is 3.08. The first-order valence-corrected chi connectivity index (χ1v) is 6.88. The van der Waals surface area contributed by atoms with Gasteiger partial charge in [0.1, 0.15) is 0 Å². The zero-order valence-electron chi connectivity index (χ0n) is 6.36. The largest absolute Gasteiger partial charge is 0.0919 e. The van der Waals surface area contributed by atoms with Crippen LogP contribution in [0.2, 0.25) is 25.7 Å². The second-order valence-corrected chi connectivity index (χ2v) is 8.86. The van der Waals surface area contributed by atoms with E-state index in [1.54, 1.807) is 0 Å². The molecule has 48 valence electrons. The highest BCUT2D eigenvalue weighted by Gasteiger charge is 2.08. The van der Waals surface area contributed by atoms with Crippen molar-refractivity contribution in [3.05, 3.63) is 12.2 Å². The first-order valence-electron chi connectivity index (χ1n) is 3.17. The first kappa shape index (κ1) is 7.96. The van der Waals surface area contributed by atoms with Crippen LogP contribution >= 0.6 is 0 Å². The lowest BCUT2D eigenvalue weighted by atomic mass is 10.6. The Labute approximate surface area is 53.6 Å². The van der Waals surface area contributed by atoms with E-state index in [1.165, 1.54) is 6.04 Å². The predicted molar refractivity (Wildman–Crippen MR) is 43.0 cm³/mol. The monoisotopic (exact) mass is 128 g/mol. The molecule has 0 saturated heterocycles. The fourth-order valence-corrected chi connectivity index (χ4v) is 1.41. The minimum Gasteiger partial charge on any atom is -0.0919 e. The van der Waals surface area contributed by atoms with Crippen molar-refractivity contribution in [3.63, 3.8) is 0 Å². The van der Waals surface area contributed by atoms with Gasteiger partial charge in [0.05, 0.1) is 0 Å². The number of allylic oxidation sites excluding steroid dienone is 2. The number of hydrogen-bond acceptors (Lipinski definition) is 0. The van der Waals surface area contributed by atoms with Crippen molar-refractivity contribution in [1.82, 2.24) is 0 Å². The molecule has 1 heteroatoms. The Hall–Kier alpha value is -0.0431. The Morgan fingerprint density at radius 1 is 1.25 bits per heavy atom. The van der Waals surface area contributed by atoms with Gasteiger partial charge in [-0.05, 0) is 13.0 Å². The third-order valence-electron chi connectivity index (χ3n) is 0.966. The fraction of sp³-hybridized carbons (Fsp3) is 0.714. The first-order chi connectivity index (χ1) is 3.56. The highest BCUT2D eigenvalue weighted by Crippen LogP contribution is 2.07. The van der Waals surface area contributed by atoms with Crippen molar-refractivity contribution in [3.8, 4) is 0 Å². The molecule has 0 rings (SSSR count). The smallest absolute Gasteiger partial charge is 0.0480 e. The molecule has 0 heterocycles.